The first-order valence-electron chi connectivity index (χ1n) is 7.01. The van der Waals surface area contributed by atoms with Crippen molar-refractivity contribution >= 4 is 22.5 Å². The van der Waals surface area contributed by atoms with Crippen LogP contribution >= 0.6 is 0 Å². The third-order valence-electron chi connectivity index (χ3n) is 3.72. The molecule has 0 saturated carbocycles. The quantitative estimate of drug-likeness (QED) is 0.595. The molecular weight excluding hydrogens is 276 g/mol. The van der Waals surface area contributed by atoms with Gasteiger partial charge in [-0.15, -0.1) is 0 Å². The van der Waals surface area contributed by atoms with Crippen LogP contribution in [0.5, 0.6) is 5.75 Å². The summed E-state index contributed by atoms with van der Waals surface area (Å²) in [4.78, 5) is 8.79. The van der Waals surface area contributed by atoms with Gasteiger partial charge in [-0.3, -0.25) is 4.40 Å². The average molecular weight is 290 g/mol. The number of rotatable bonds is 2. The molecule has 2 aromatic heterocycles. The summed E-state index contributed by atoms with van der Waals surface area (Å²) >= 11 is 0. The van der Waals surface area contributed by atoms with Crippen molar-refractivity contribution in [1.29, 1.82) is 0 Å². The number of aromatic nitrogens is 3. The van der Waals surface area contributed by atoms with Gasteiger partial charge in [0.2, 0.25) is 0 Å². The maximum Gasteiger partial charge on any atom is 0.180 e. The number of aromatic hydroxyl groups is 1. The smallest absolute Gasteiger partial charge is 0.180 e. The molecule has 0 radical (unpaired) electrons. The van der Waals surface area contributed by atoms with Crippen molar-refractivity contribution < 1.29 is 5.11 Å². The first kappa shape index (κ1) is 12.6. The Morgan fingerprint density at radius 2 is 1.95 bits per heavy atom. The highest BCUT2D eigenvalue weighted by Crippen LogP contribution is 2.23. The normalized spacial score (nSPS) is 11.3. The third kappa shape index (κ3) is 1.95. The van der Waals surface area contributed by atoms with Crippen molar-refractivity contribution in [2.45, 2.75) is 6.42 Å². The molecule has 2 heterocycles. The minimum Gasteiger partial charge on any atom is -0.508 e. The third-order valence-corrected chi connectivity index (χ3v) is 3.72. The highest BCUT2D eigenvalue weighted by molar-refractivity contribution is 5.82. The number of phenols is 1. The number of imidazole rings is 1. The van der Waals surface area contributed by atoms with Crippen LogP contribution < -0.4 is 5.73 Å². The van der Waals surface area contributed by atoms with E-state index in [9.17, 15) is 5.11 Å². The Bertz CT molecular complexity index is 990. The molecule has 2 aromatic carbocycles. The van der Waals surface area contributed by atoms with Crippen LogP contribution in [0.4, 0.5) is 5.82 Å². The van der Waals surface area contributed by atoms with Gasteiger partial charge in [-0.05, 0) is 29.8 Å². The van der Waals surface area contributed by atoms with Gasteiger partial charge in [0.25, 0.3) is 0 Å². The summed E-state index contributed by atoms with van der Waals surface area (Å²) in [5.74, 6) is 0.679. The number of hydrogen-bond acceptors (Lipinski definition) is 4. The molecular formula is C17H14N4O. The van der Waals surface area contributed by atoms with Crippen LogP contribution in [0.25, 0.3) is 16.7 Å². The second kappa shape index (κ2) is 4.73. The van der Waals surface area contributed by atoms with Crippen molar-refractivity contribution in [2.24, 2.45) is 0 Å². The van der Waals surface area contributed by atoms with Crippen LogP contribution in [0.1, 0.15) is 11.3 Å². The van der Waals surface area contributed by atoms with Gasteiger partial charge in [0.15, 0.2) is 11.5 Å². The molecule has 0 spiro atoms. The largest absolute Gasteiger partial charge is 0.508 e. The monoisotopic (exact) mass is 290 g/mol. The summed E-state index contributed by atoms with van der Waals surface area (Å²) in [7, 11) is 0. The average Bonchev–Trinajstić information content (AvgIpc) is 2.92. The Hall–Kier alpha value is -3.08. The molecule has 0 saturated heterocycles. The number of benzene rings is 2. The highest BCUT2D eigenvalue weighted by atomic mass is 16.3. The van der Waals surface area contributed by atoms with E-state index in [0.717, 1.165) is 22.3 Å². The van der Waals surface area contributed by atoms with Crippen molar-refractivity contribution in [2.75, 3.05) is 5.73 Å². The minimum atomic E-state index is 0.261. The SMILES string of the molecule is Nc1nc2ccccc2n2c(Cc3cccc(O)c3)cnc12. The lowest BCUT2D eigenvalue weighted by Gasteiger charge is -2.08. The van der Waals surface area contributed by atoms with Crippen molar-refractivity contribution in [3.8, 4) is 5.75 Å². The highest BCUT2D eigenvalue weighted by Gasteiger charge is 2.12. The van der Waals surface area contributed by atoms with E-state index in [1.165, 1.54) is 0 Å². The zero-order chi connectivity index (χ0) is 15.1. The molecule has 0 fully saturated rings. The molecule has 22 heavy (non-hydrogen) atoms. The first-order chi connectivity index (χ1) is 10.7. The predicted octanol–water partition coefficient (Wildman–Crippen LogP) is 2.76. The molecule has 108 valence electrons. The van der Waals surface area contributed by atoms with Gasteiger partial charge < -0.3 is 10.8 Å². The second-order valence-corrected chi connectivity index (χ2v) is 5.24. The van der Waals surface area contributed by atoms with E-state index in [1.807, 2.05) is 47.0 Å². The second-order valence-electron chi connectivity index (χ2n) is 5.24. The fourth-order valence-corrected chi connectivity index (χ4v) is 2.76. The topological polar surface area (TPSA) is 76.4 Å². The maximum absolute atomic E-state index is 9.62. The Balaban J connectivity index is 1.95. The number of nitrogens with zero attached hydrogens (tertiary/aromatic N) is 3. The van der Waals surface area contributed by atoms with Gasteiger partial charge in [0.1, 0.15) is 5.75 Å². The lowest BCUT2D eigenvalue weighted by atomic mass is 10.1. The number of anilines is 1. The molecule has 4 rings (SSSR count). The van der Waals surface area contributed by atoms with Crippen LogP contribution in [-0.4, -0.2) is 19.5 Å². The van der Waals surface area contributed by atoms with Crippen molar-refractivity contribution in [3.63, 3.8) is 0 Å². The maximum atomic E-state index is 9.62. The van der Waals surface area contributed by atoms with Gasteiger partial charge in [0, 0.05) is 18.3 Å². The van der Waals surface area contributed by atoms with Crippen LogP contribution in [-0.2, 0) is 6.42 Å². The van der Waals surface area contributed by atoms with Crippen LogP contribution in [0.2, 0.25) is 0 Å². The first-order valence-corrected chi connectivity index (χ1v) is 7.01. The number of para-hydroxylation sites is 2. The van der Waals surface area contributed by atoms with E-state index < -0.39 is 0 Å². The molecule has 0 aliphatic rings. The number of nitrogens with two attached hydrogens (primary N) is 1. The molecule has 0 aliphatic carbocycles. The molecule has 0 amide bonds. The van der Waals surface area contributed by atoms with E-state index in [1.54, 1.807) is 12.1 Å². The number of hydrogen-bond donors (Lipinski definition) is 2. The molecule has 0 atom stereocenters. The molecule has 5 nitrogen and oxygen atoms in total. The molecule has 4 aromatic rings. The summed E-state index contributed by atoms with van der Waals surface area (Å²) in [6.45, 7) is 0. The van der Waals surface area contributed by atoms with Gasteiger partial charge in [-0.25, -0.2) is 9.97 Å². The summed E-state index contributed by atoms with van der Waals surface area (Å²) in [5, 5.41) is 9.62. The fourth-order valence-electron chi connectivity index (χ4n) is 2.76. The molecule has 0 bridgehead atoms. The molecule has 0 aliphatic heterocycles. The van der Waals surface area contributed by atoms with E-state index in [-0.39, 0.29) is 5.75 Å². The predicted molar refractivity (Wildman–Crippen MR) is 85.8 cm³/mol. The lowest BCUT2D eigenvalue weighted by molar-refractivity contribution is 0.474. The van der Waals surface area contributed by atoms with Gasteiger partial charge in [0.05, 0.1) is 11.0 Å². The standard InChI is InChI=1S/C17H14N4O/c18-16-17-19-10-12(8-11-4-3-5-13(22)9-11)21(17)15-7-2-1-6-14(15)20-16/h1-7,9-10,22H,8H2,(H2,18,20). The molecule has 3 N–H and O–H groups in total. The summed E-state index contributed by atoms with van der Waals surface area (Å²) in [6.07, 6.45) is 2.47. The summed E-state index contributed by atoms with van der Waals surface area (Å²) in [6, 6.07) is 15.1. The number of phenolic OH excluding ortho intramolecular Hbond substituents is 1. The Morgan fingerprint density at radius 1 is 1.09 bits per heavy atom. The van der Waals surface area contributed by atoms with E-state index in [0.29, 0.717) is 17.9 Å². The zero-order valence-electron chi connectivity index (χ0n) is 11.8. The Labute approximate surface area is 126 Å². The zero-order valence-corrected chi connectivity index (χ0v) is 11.8. The van der Waals surface area contributed by atoms with E-state index >= 15 is 0 Å². The summed E-state index contributed by atoms with van der Waals surface area (Å²) < 4.78 is 2.03. The van der Waals surface area contributed by atoms with Crippen molar-refractivity contribution in [1.82, 2.24) is 14.4 Å². The number of fused-ring (bicyclic) bond motifs is 3. The van der Waals surface area contributed by atoms with Crippen LogP contribution in [0, 0.1) is 0 Å². The van der Waals surface area contributed by atoms with Crippen molar-refractivity contribution in [3.05, 3.63) is 66.0 Å². The van der Waals surface area contributed by atoms with Gasteiger partial charge in [-0.2, -0.15) is 0 Å². The molecule has 0 unspecified atom stereocenters. The Kier molecular flexibility index (Phi) is 2.72. The van der Waals surface area contributed by atoms with Crippen LogP contribution in [0.3, 0.4) is 0 Å². The molecule has 5 heteroatoms. The van der Waals surface area contributed by atoms with Gasteiger partial charge in [-0.1, -0.05) is 24.3 Å². The lowest BCUT2D eigenvalue weighted by Crippen LogP contribution is -2.01. The summed E-state index contributed by atoms with van der Waals surface area (Å²) in [5.41, 5.74) is 10.5. The van der Waals surface area contributed by atoms with E-state index in [4.69, 9.17) is 5.73 Å². The van der Waals surface area contributed by atoms with Gasteiger partial charge >= 0.3 is 0 Å². The minimum absolute atomic E-state index is 0.261. The van der Waals surface area contributed by atoms with E-state index in [2.05, 4.69) is 9.97 Å². The van der Waals surface area contributed by atoms with Crippen LogP contribution in [0.15, 0.2) is 54.7 Å². The fraction of sp³-hybridized carbons (Fsp3) is 0.0588. The Morgan fingerprint density at radius 3 is 2.82 bits per heavy atom. The number of nitrogen functional groups attached to an aromatic ring is 1.